The van der Waals surface area contributed by atoms with Gasteiger partial charge >= 0.3 is 0 Å². The van der Waals surface area contributed by atoms with Crippen molar-refractivity contribution < 1.29 is 8.78 Å². The molecule has 0 aliphatic carbocycles. The molecule has 0 spiro atoms. The summed E-state index contributed by atoms with van der Waals surface area (Å²) in [5.41, 5.74) is 6.51. The zero-order valence-electron chi connectivity index (χ0n) is 13.1. The molecule has 22 heavy (non-hydrogen) atoms. The average Bonchev–Trinajstić information content (AvgIpc) is 2.50. The van der Waals surface area contributed by atoms with Crippen LogP contribution in [0.5, 0.6) is 0 Å². The van der Waals surface area contributed by atoms with Gasteiger partial charge in [-0.05, 0) is 25.3 Å². The Hall–Kier alpha value is -0.640. The summed E-state index contributed by atoms with van der Waals surface area (Å²) in [6, 6.07) is -0.193. The van der Waals surface area contributed by atoms with Crippen molar-refractivity contribution in [2.75, 3.05) is 13.2 Å². The van der Waals surface area contributed by atoms with E-state index in [2.05, 4.69) is 16.6 Å². The SMILES string of the molecule is C=CC(C)C(Cl)=NC=NC(C)/C(=C/CCC(F)(P)CF)CN. The van der Waals surface area contributed by atoms with Crippen LogP contribution in [-0.2, 0) is 0 Å². The number of hydrogen-bond acceptors (Lipinski definition) is 2. The Labute approximate surface area is 139 Å². The molecule has 3 nitrogen and oxygen atoms in total. The Balaban J connectivity index is 4.65. The molecule has 0 aromatic rings. The Morgan fingerprint density at radius 3 is 2.64 bits per heavy atom. The van der Waals surface area contributed by atoms with Crippen LogP contribution >= 0.6 is 20.8 Å². The number of rotatable bonds is 10. The summed E-state index contributed by atoms with van der Waals surface area (Å²) in [7, 11) is 1.89. The summed E-state index contributed by atoms with van der Waals surface area (Å²) in [6.07, 6.45) is 5.34. The number of aliphatic imine (C=N–C) groups is 2. The van der Waals surface area contributed by atoms with E-state index in [1.165, 1.54) is 6.34 Å². The molecule has 4 atom stereocenters. The van der Waals surface area contributed by atoms with Crippen molar-refractivity contribution >= 4 is 32.4 Å². The van der Waals surface area contributed by atoms with E-state index in [0.29, 0.717) is 18.1 Å². The number of allylic oxidation sites excluding steroid dienone is 2. The normalized spacial score (nSPS) is 19.0. The summed E-state index contributed by atoms with van der Waals surface area (Å²) < 4.78 is 25.8. The van der Waals surface area contributed by atoms with Gasteiger partial charge in [0.05, 0.1) is 6.04 Å². The quantitative estimate of drug-likeness (QED) is 0.274. The highest BCUT2D eigenvalue weighted by Crippen LogP contribution is 2.27. The third-order valence-corrected chi connectivity index (χ3v) is 4.05. The van der Waals surface area contributed by atoms with Gasteiger partial charge in [0.15, 0.2) is 5.41 Å². The second-order valence-electron chi connectivity index (χ2n) is 5.11. The minimum absolute atomic E-state index is 0.0339. The predicted molar refractivity (Wildman–Crippen MR) is 96.5 cm³/mol. The van der Waals surface area contributed by atoms with Crippen LogP contribution in [0.1, 0.15) is 26.7 Å². The summed E-state index contributed by atoms with van der Waals surface area (Å²) >= 11 is 5.95. The van der Waals surface area contributed by atoms with Gasteiger partial charge in [0, 0.05) is 12.5 Å². The monoisotopic (exact) mass is 351 g/mol. The van der Waals surface area contributed by atoms with E-state index in [1.54, 1.807) is 12.2 Å². The zero-order valence-corrected chi connectivity index (χ0v) is 15.0. The third kappa shape index (κ3) is 8.72. The lowest BCUT2D eigenvalue weighted by atomic mass is 10.1. The van der Waals surface area contributed by atoms with Crippen molar-refractivity contribution in [2.45, 2.75) is 38.1 Å². The summed E-state index contributed by atoms with van der Waals surface area (Å²) in [5.74, 6) is -0.0339. The molecule has 0 aliphatic heterocycles. The van der Waals surface area contributed by atoms with Gasteiger partial charge in [0.25, 0.3) is 0 Å². The number of nitrogens with zero attached hydrogens (tertiary/aromatic N) is 2. The number of nitrogens with two attached hydrogens (primary N) is 1. The number of alkyl halides is 2. The first kappa shape index (κ1) is 21.4. The molecule has 126 valence electrons. The molecular formula is C15H25ClF2N3P. The first-order chi connectivity index (χ1) is 10.3. The molecule has 0 saturated carbocycles. The molecule has 4 unspecified atom stereocenters. The lowest BCUT2D eigenvalue weighted by Crippen LogP contribution is -2.17. The third-order valence-electron chi connectivity index (χ3n) is 3.16. The first-order valence-electron chi connectivity index (χ1n) is 7.07. The summed E-state index contributed by atoms with van der Waals surface area (Å²) in [5, 5.41) is -1.47. The minimum Gasteiger partial charge on any atom is -0.327 e. The van der Waals surface area contributed by atoms with Crippen LogP contribution in [0.15, 0.2) is 34.3 Å². The highest BCUT2D eigenvalue weighted by atomic mass is 35.5. The maximum absolute atomic E-state index is 13.4. The van der Waals surface area contributed by atoms with Crippen molar-refractivity contribution in [3.05, 3.63) is 24.3 Å². The molecular weight excluding hydrogens is 327 g/mol. The van der Waals surface area contributed by atoms with Gasteiger partial charge < -0.3 is 5.73 Å². The molecule has 0 amide bonds. The fourth-order valence-corrected chi connectivity index (χ4v) is 1.79. The minimum atomic E-state index is -1.87. The number of hydrogen-bond donors (Lipinski definition) is 1. The Kier molecular flexibility index (Phi) is 10.7. The van der Waals surface area contributed by atoms with E-state index in [9.17, 15) is 8.78 Å². The van der Waals surface area contributed by atoms with Gasteiger partial charge in [-0.25, -0.2) is 13.8 Å². The molecule has 7 heteroatoms. The Morgan fingerprint density at radius 2 is 2.14 bits per heavy atom. The predicted octanol–water partition coefficient (Wildman–Crippen LogP) is 4.04. The summed E-state index contributed by atoms with van der Waals surface area (Å²) in [4.78, 5) is 8.26. The molecule has 0 aromatic carbocycles. The molecule has 2 N–H and O–H groups in total. The van der Waals surface area contributed by atoms with Gasteiger partial charge in [-0.3, -0.25) is 4.99 Å². The van der Waals surface area contributed by atoms with E-state index < -0.39 is 12.1 Å². The largest absolute Gasteiger partial charge is 0.327 e. The van der Waals surface area contributed by atoms with Crippen LogP contribution in [0.4, 0.5) is 8.78 Å². The smallest absolute Gasteiger partial charge is 0.152 e. The second-order valence-corrected chi connectivity index (χ2v) is 6.53. The molecule has 0 heterocycles. The fraction of sp³-hybridized carbons (Fsp3) is 0.600. The number of halogens is 3. The van der Waals surface area contributed by atoms with Gasteiger partial charge in [0.1, 0.15) is 18.2 Å². The van der Waals surface area contributed by atoms with Crippen LogP contribution in [0.3, 0.4) is 0 Å². The van der Waals surface area contributed by atoms with E-state index in [1.807, 2.05) is 23.1 Å². The molecule has 0 aromatic heterocycles. The van der Waals surface area contributed by atoms with E-state index in [-0.39, 0.29) is 18.4 Å². The highest BCUT2D eigenvalue weighted by molar-refractivity contribution is 7.18. The van der Waals surface area contributed by atoms with Crippen LogP contribution in [-0.4, -0.2) is 36.2 Å². The highest BCUT2D eigenvalue weighted by Gasteiger charge is 2.22. The van der Waals surface area contributed by atoms with Crippen molar-refractivity contribution in [3.63, 3.8) is 0 Å². The zero-order chi connectivity index (χ0) is 17.2. The van der Waals surface area contributed by atoms with Crippen molar-refractivity contribution in [3.8, 4) is 0 Å². The van der Waals surface area contributed by atoms with Crippen molar-refractivity contribution in [1.82, 2.24) is 0 Å². The maximum Gasteiger partial charge on any atom is 0.152 e. The Bertz CT molecular complexity index is 437. The van der Waals surface area contributed by atoms with Crippen LogP contribution < -0.4 is 5.73 Å². The molecule has 0 saturated heterocycles. The van der Waals surface area contributed by atoms with Gasteiger partial charge in [0.2, 0.25) is 0 Å². The van der Waals surface area contributed by atoms with Crippen LogP contribution in [0.2, 0.25) is 0 Å². The van der Waals surface area contributed by atoms with Gasteiger partial charge in [-0.1, -0.05) is 39.9 Å². The van der Waals surface area contributed by atoms with Crippen LogP contribution in [0.25, 0.3) is 0 Å². The van der Waals surface area contributed by atoms with Crippen molar-refractivity contribution in [1.29, 1.82) is 0 Å². The fourth-order valence-electron chi connectivity index (χ4n) is 1.49. The van der Waals surface area contributed by atoms with Gasteiger partial charge in [-0.15, -0.1) is 6.58 Å². The second kappa shape index (κ2) is 11.0. The average molecular weight is 352 g/mol. The van der Waals surface area contributed by atoms with Crippen LogP contribution in [0, 0.1) is 5.92 Å². The van der Waals surface area contributed by atoms with E-state index in [0.717, 1.165) is 5.57 Å². The van der Waals surface area contributed by atoms with Gasteiger partial charge in [-0.2, -0.15) is 0 Å². The topological polar surface area (TPSA) is 50.7 Å². The summed E-state index contributed by atoms with van der Waals surface area (Å²) in [6.45, 7) is 6.64. The maximum atomic E-state index is 13.4. The molecule has 0 radical (unpaired) electrons. The first-order valence-corrected chi connectivity index (χ1v) is 8.03. The Morgan fingerprint density at radius 1 is 1.50 bits per heavy atom. The standard InChI is InChI=1S/C15H25ClF2N3P/c1-4-11(2)14(16)21-10-20-12(3)13(8-19)6-5-7-15(18,22)9-17/h4,6,10-12H,1,5,7-9,19,22H2,2-3H3/b13-6+,20-10?,21-14?. The molecule has 0 aliphatic rings. The molecule has 0 fully saturated rings. The molecule has 0 bridgehead atoms. The van der Waals surface area contributed by atoms with Crippen molar-refractivity contribution in [2.24, 2.45) is 21.6 Å². The lowest BCUT2D eigenvalue weighted by Gasteiger charge is -2.15. The molecule has 0 rings (SSSR count). The van der Waals surface area contributed by atoms with E-state index >= 15 is 0 Å². The lowest BCUT2D eigenvalue weighted by molar-refractivity contribution is 0.210. The van der Waals surface area contributed by atoms with E-state index in [4.69, 9.17) is 17.3 Å².